The van der Waals surface area contributed by atoms with E-state index in [-0.39, 0.29) is 11.4 Å². The maximum absolute atomic E-state index is 14.2. The lowest BCUT2D eigenvalue weighted by molar-refractivity contribution is 0.355. The van der Waals surface area contributed by atoms with Crippen LogP contribution in [-0.4, -0.2) is 30.9 Å². The summed E-state index contributed by atoms with van der Waals surface area (Å²) in [5.74, 6) is 1.30. The zero-order chi connectivity index (χ0) is 22.7. The number of hydrogen-bond acceptors (Lipinski definition) is 5. The largest absolute Gasteiger partial charge is 0.495 e. The molecule has 0 aliphatic heterocycles. The van der Waals surface area contributed by atoms with Gasteiger partial charge in [-0.2, -0.15) is 0 Å². The molecule has 0 radical (unpaired) electrons. The maximum Gasteiger partial charge on any atom is 0.266 e. The Morgan fingerprint density at radius 1 is 0.844 bits per heavy atom. The first-order chi connectivity index (χ1) is 15.6. The van der Waals surface area contributed by atoms with Gasteiger partial charge in [0.1, 0.15) is 17.4 Å². The SMILES string of the molecule is COc1cc2nc(/C=C/c3ccccc3F)n(-c3ccccc3OC)c(=O)c2cc1OC. The van der Waals surface area contributed by atoms with Crippen LogP contribution in [0.3, 0.4) is 0 Å². The minimum absolute atomic E-state index is 0.308. The Labute approximate surface area is 184 Å². The highest BCUT2D eigenvalue weighted by atomic mass is 19.1. The number of ether oxygens (including phenoxy) is 3. The van der Waals surface area contributed by atoms with Crippen LogP contribution in [0.1, 0.15) is 11.4 Å². The predicted octanol–water partition coefficient (Wildman–Crippen LogP) is 4.72. The van der Waals surface area contributed by atoms with E-state index in [0.29, 0.717) is 45.2 Å². The van der Waals surface area contributed by atoms with Crippen molar-refractivity contribution in [3.63, 3.8) is 0 Å². The lowest BCUT2D eigenvalue weighted by atomic mass is 10.1. The molecule has 1 aromatic heterocycles. The topological polar surface area (TPSA) is 62.6 Å². The first kappa shape index (κ1) is 21.1. The van der Waals surface area contributed by atoms with E-state index in [4.69, 9.17) is 14.2 Å². The van der Waals surface area contributed by atoms with Gasteiger partial charge in [0, 0.05) is 11.6 Å². The van der Waals surface area contributed by atoms with Gasteiger partial charge >= 0.3 is 0 Å². The van der Waals surface area contributed by atoms with Crippen molar-refractivity contribution < 1.29 is 18.6 Å². The molecule has 0 unspecified atom stereocenters. The molecule has 4 rings (SSSR count). The summed E-state index contributed by atoms with van der Waals surface area (Å²) in [6.45, 7) is 0. The second kappa shape index (κ2) is 8.93. The average molecular weight is 432 g/mol. The van der Waals surface area contributed by atoms with Crippen LogP contribution in [0.15, 0.2) is 65.5 Å². The smallest absolute Gasteiger partial charge is 0.266 e. The molecule has 0 N–H and O–H groups in total. The number of halogens is 1. The highest BCUT2D eigenvalue weighted by Crippen LogP contribution is 2.31. The molecule has 0 spiro atoms. The number of para-hydroxylation sites is 2. The van der Waals surface area contributed by atoms with Crippen LogP contribution in [0, 0.1) is 5.82 Å². The third-order valence-corrected chi connectivity index (χ3v) is 5.04. The molecule has 7 heteroatoms. The van der Waals surface area contributed by atoms with Crippen molar-refractivity contribution in [3.05, 3.63) is 88.2 Å². The van der Waals surface area contributed by atoms with Crippen molar-refractivity contribution in [1.29, 1.82) is 0 Å². The van der Waals surface area contributed by atoms with E-state index >= 15 is 0 Å². The number of benzene rings is 3. The van der Waals surface area contributed by atoms with Gasteiger partial charge in [-0.3, -0.25) is 9.36 Å². The fraction of sp³-hybridized carbons (Fsp3) is 0.120. The standard InChI is InChI=1S/C25H21FN2O4/c1-30-21-11-7-6-10-20(21)28-24(13-12-16-8-4-5-9-18(16)26)27-19-15-23(32-3)22(31-2)14-17(19)25(28)29/h4-15H,1-3H3/b13-12+. The molecule has 0 saturated carbocycles. The van der Waals surface area contributed by atoms with Crippen LogP contribution in [0.2, 0.25) is 0 Å². The van der Waals surface area contributed by atoms with E-state index in [1.165, 1.54) is 32.0 Å². The van der Waals surface area contributed by atoms with E-state index in [1.54, 1.807) is 60.7 Å². The summed E-state index contributed by atoms with van der Waals surface area (Å²) in [7, 11) is 4.54. The number of rotatable bonds is 6. The molecule has 0 amide bonds. The van der Waals surface area contributed by atoms with Gasteiger partial charge < -0.3 is 14.2 Å². The molecule has 0 aliphatic carbocycles. The average Bonchev–Trinajstić information content (AvgIpc) is 2.83. The maximum atomic E-state index is 14.2. The minimum Gasteiger partial charge on any atom is -0.495 e. The number of nitrogens with zero attached hydrogens (tertiary/aromatic N) is 2. The Hall–Kier alpha value is -4.13. The van der Waals surface area contributed by atoms with Gasteiger partial charge in [-0.1, -0.05) is 30.3 Å². The van der Waals surface area contributed by atoms with Crippen LogP contribution in [0.25, 0.3) is 28.7 Å². The minimum atomic E-state index is -0.373. The van der Waals surface area contributed by atoms with E-state index < -0.39 is 0 Å². The van der Waals surface area contributed by atoms with E-state index in [0.717, 1.165) is 0 Å². The van der Waals surface area contributed by atoms with Crippen LogP contribution in [-0.2, 0) is 0 Å². The zero-order valence-corrected chi connectivity index (χ0v) is 17.8. The summed E-state index contributed by atoms with van der Waals surface area (Å²) < 4.78 is 31.8. The number of hydrogen-bond donors (Lipinski definition) is 0. The molecule has 0 atom stereocenters. The van der Waals surface area contributed by atoms with Gasteiger partial charge in [0.25, 0.3) is 5.56 Å². The summed E-state index contributed by atoms with van der Waals surface area (Å²) in [6.07, 6.45) is 3.18. The Balaban J connectivity index is 2.03. The predicted molar refractivity (Wildman–Crippen MR) is 122 cm³/mol. The van der Waals surface area contributed by atoms with Crippen LogP contribution in [0.4, 0.5) is 4.39 Å². The first-order valence-corrected chi connectivity index (χ1v) is 9.82. The van der Waals surface area contributed by atoms with Crippen LogP contribution >= 0.6 is 0 Å². The third-order valence-electron chi connectivity index (χ3n) is 5.04. The van der Waals surface area contributed by atoms with Gasteiger partial charge in [-0.05, 0) is 36.4 Å². The Kier molecular flexibility index (Phi) is 5.89. The van der Waals surface area contributed by atoms with Crippen molar-refractivity contribution >= 4 is 23.1 Å². The van der Waals surface area contributed by atoms with Crippen LogP contribution in [0.5, 0.6) is 17.2 Å². The molecule has 0 bridgehead atoms. The van der Waals surface area contributed by atoms with Crippen LogP contribution < -0.4 is 19.8 Å². The Morgan fingerprint density at radius 2 is 1.50 bits per heavy atom. The molecule has 4 aromatic rings. The first-order valence-electron chi connectivity index (χ1n) is 9.82. The zero-order valence-electron chi connectivity index (χ0n) is 17.8. The van der Waals surface area contributed by atoms with Crippen molar-refractivity contribution in [2.75, 3.05) is 21.3 Å². The molecule has 6 nitrogen and oxygen atoms in total. The second-order valence-corrected chi connectivity index (χ2v) is 6.86. The summed E-state index contributed by atoms with van der Waals surface area (Å²) in [4.78, 5) is 18.3. The molecule has 1 heterocycles. The molecule has 0 saturated heterocycles. The number of aromatic nitrogens is 2. The van der Waals surface area contributed by atoms with E-state index in [2.05, 4.69) is 4.98 Å². The number of fused-ring (bicyclic) bond motifs is 1. The van der Waals surface area contributed by atoms with Gasteiger partial charge in [0.15, 0.2) is 11.5 Å². The molecular formula is C25H21FN2O4. The lowest BCUT2D eigenvalue weighted by Gasteiger charge is -2.15. The summed E-state index contributed by atoms with van der Waals surface area (Å²) in [5, 5.41) is 0.344. The van der Waals surface area contributed by atoms with E-state index in [1.807, 2.05) is 6.07 Å². The molecule has 0 fully saturated rings. The van der Waals surface area contributed by atoms with E-state index in [9.17, 15) is 9.18 Å². The van der Waals surface area contributed by atoms with Gasteiger partial charge in [0.05, 0.1) is 37.9 Å². The monoisotopic (exact) mass is 432 g/mol. The molecular weight excluding hydrogens is 411 g/mol. The van der Waals surface area contributed by atoms with Gasteiger partial charge in [0.2, 0.25) is 0 Å². The van der Waals surface area contributed by atoms with Gasteiger partial charge in [-0.25, -0.2) is 9.37 Å². The fourth-order valence-corrected chi connectivity index (χ4v) is 3.46. The summed E-state index contributed by atoms with van der Waals surface area (Å²) in [6, 6.07) is 16.7. The Bertz CT molecular complexity index is 1380. The quantitative estimate of drug-likeness (QED) is 0.441. The normalized spacial score (nSPS) is 11.1. The molecule has 3 aromatic carbocycles. The molecule has 162 valence electrons. The van der Waals surface area contributed by atoms with Crippen molar-refractivity contribution in [2.45, 2.75) is 0 Å². The summed E-state index contributed by atoms with van der Waals surface area (Å²) in [5.41, 5.74) is 0.985. The molecule has 32 heavy (non-hydrogen) atoms. The Morgan fingerprint density at radius 3 is 2.22 bits per heavy atom. The summed E-state index contributed by atoms with van der Waals surface area (Å²) >= 11 is 0. The third kappa shape index (κ3) is 3.80. The van der Waals surface area contributed by atoms with Crippen molar-refractivity contribution in [3.8, 4) is 22.9 Å². The van der Waals surface area contributed by atoms with Crippen molar-refractivity contribution in [2.24, 2.45) is 0 Å². The highest BCUT2D eigenvalue weighted by Gasteiger charge is 2.17. The second-order valence-electron chi connectivity index (χ2n) is 6.86. The van der Waals surface area contributed by atoms with Crippen molar-refractivity contribution in [1.82, 2.24) is 9.55 Å². The fourth-order valence-electron chi connectivity index (χ4n) is 3.46. The van der Waals surface area contributed by atoms with Gasteiger partial charge in [-0.15, -0.1) is 0 Å². The highest BCUT2D eigenvalue weighted by molar-refractivity contribution is 5.84. The molecule has 0 aliphatic rings. The lowest BCUT2D eigenvalue weighted by Crippen LogP contribution is -2.23. The number of methoxy groups -OCH3 is 3.